The molecule has 5 rings (SSSR count). The number of amides is 2. The number of hydrogen-bond donors (Lipinski definition) is 1. The average Bonchev–Trinajstić information content (AvgIpc) is 3.08. The van der Waals surface area contributed by atoms with Crippen LogP contribution in [-0.2, 0) is 32.6 Å². The fourth-order valence-corrected chi connectivity index (χ4v) is 7.90. The van der Waals surface area contributed by atoms with Crippen molar-refractivity contribution in [3.63, 3.8) is 0 Å². The average molecular weight is 693 g/mol. The van der Waals surface area contributed by atoms with Gasteiger partial charge in [-0.3, -0.25) is 13.9 Å². The minimum atomic E-state index is -4.22. The second kappa shape index (κ2) is 15.8. The highest BCUT2D eigenvalue weighted by Crippen LogP contribution is 2.31. The first-order chi connectivity index (χ1) is 22.6. The highest BCUT2D eigenvalue weighted by Gasteiger charge is 2.36. The number of nitrogens with zero attached hydrogens (tertiary/aromatic N) is 2. The normalized spacial score (nSPS) is 14.3. The van der Waals surface area contributed by atoms with E-state index in [4.69, 9.17) is 23.2 Å². The van der Waals surface area contributed by atoms with Gasteiger partial charge in [0.25, 0.3) is 10.0 Å². The van der Waals surface area contributed by atoms with E-state index in [2.05, 4.69) is 5.32 Å². The van der Waals surface area contributed by atoms with E-state index < -0.39 is 28.5 Å². The van der Waals surface area contributed by atoms with Gasteiger partial charge in [-0.05, 0) is 72.9 Å². The van der Waals surface area contributed by atoms with Crippen molar-refractivity contribution in [2.75, 3.05) is 10.8 Å². The Labute approximate surface area is 287 Å². The Morgan fingerprint density at radius 2 is 1.47 bits per heavy atom. The van der Waals surface area contributed by atoms with E-state index in [0.717, 1.165) is 42.0 Å². The number of carbonyl (C=O) groups is 2. The Balaban J connectivity index is 1.58. The number of halogens is 2. The summed E-state index contributed by atoms with van der Waals surface area (Å²) in [4.78, 5) is 30.4. The van der Waals surface area contributed by atoms with Crippen LogP contribution in [0.2, 0.25) is 10.0 Å². The SMILES string of the molecule is Cc1c(Cl)cccc1N(CC(=O)N(Cc1cccc(Cl)c1)C(Cc1ccccc1)C(=O)NC1CCCCC1)S(=O)(=O)c1ccccc1. The van der Waals surface area contributed by atoms with Gasteiger partial charge >= 0.3 is 0 Å². The lowest BCUT2D eigenvalue weighted by atomic mass is 9.94. The van der Waals surface area contributed by atoms with Gasteiger partial charge in [0.15, 0.2) is 0 Å². The molecule has 4 aromatic rings. The van der Waals surface area contributed by atoms with Crippen molar-refractivity contribution in [2.24, 2.45) is 0 Å². The molecular formula is C37H39Cl2N3O4S. The van der Waals surface area contributed by atoms with E-state index in [0.29, 0.717) is 21.2 Å². The molecule has 1 atom stereocenters. The van der Waals surface area contributed by atoms with E-state index in [1.165, 1.54) is 17.0 Å². The third kappa shape index (κ3) is 8.74. The Bertz CT molecular complexity index is 1780. The number of rotatable bonds is 12. The lowest BCUT2D eigenvalue weighted by Crippen LogP contribution is -2.55. The van der Waals surface area contributed by atoms with Crippen LogP contribution in [0, 0.1) is 6.92 Å². The molecule has 2 amide bonds. The minimum absolute atomic E-state index is 0.0155. The lowest BCUT2D eigenvalue weighted by Gasteiger charge is -2.35. The van der Waals surface area contributed by atoms with E-state index in [9.17, 15) is 18.0 Å². The minimum Gasteiger partial charge on any atom is -0.352 e. The van der Waals surface area contributed by atoms with Gasteiger partial charge in [0, 0.05) is 29.1 Å². The van der Waals surface area contributed by atoms with Crippen molar-refractivity contribution in [3.8, 4) is 0 Å². The number of carbonyl (C=O) groups excluding carboxylic acids is 2. The maximum absolute atomic E-state index is 14.7. The zero-order valence-corrected chi connectivity index (χ0v) is 28.6. The van der Waals surface area contributed by atoms with Gasteiger partial charge in [-0.2, -0.15) is 0 Å². The van der Waals surface area contributed by atoms with Crippen molar-refractivity contribution in [1.29, 1.82) is 0 Å². The number of hydrogen-bond acceptors (Lipinski definition) is 4. The molecule has 7 nitrogen and oxygen atoms in total. The monoisotopic (exact) mass is 691 g/mol. The third-order valence-electron chi connectivity index (χ3n) is 8.58. The summed E-state index contributed by atoms with van der Waals surface area (Å²) >= 11 is 12.8. The molecule has 0 bridgehead atoms. The summed E-state index contributed by atoms with van der Waals surface area (Å²) in [5.41, 5.74) is 2.38. The summed E-state index contributed by atoms with van der Waals surface area (Å²) in [6.45, 7) is 1.21. The summed E-state index contributed by atoms with van der Waals surface area (Å²) in [6, 6.07) is 28.7. The number of nitrogens with one attached hydrogen (secondary N) is 1. The first kappa shape index (κ1) is 34.5. The van der Waals surface area contributed by atoms with Crippen LogP contribution in [-0.4, -0.2) is 43.8 Å². The molecule has 0 radical (unpaired) electrons. The Hall–Kier alpha value is -3.85. The molecular weight excluding hydrogens is 653 g/mol. The van der Waals surface area contributed by atoms with E-state index >= 15 is 0 Å². The van der Waals surface area contributed by atoms with Crippen molar-refractivity contribution in [3.05, 3.63) is 130 Å². The van der Waals surface area contributed by atoms with Gasteiger partial charge in [-0.25, -0.2) is 8.42 Å². The molecule has 1 saturated carbocycles. The fraction of sp³-hybridized carbons (Fsp3) is 0.297. The van der Waals surface area contributed by atoms with Crippen LogP contribution < -0.4 is 9.62 Å². The molecule has 1 unspecified atom stereocenters. The maximum Gasteiger partial charge on any atom is 0.264 e. The number of benzene rings is 4. The van der Waals surface area contributed by atoms with Crippen LogP contribution in [0.3, 0.4) is 0 Å². The van der Waals surface area contributed by atoms with E-state index in [1.54, 1.807) is 61.5 Å². The quantitative estimate of drug-likeness (QED) is 0.166. The van der Waals surface area contributed by atoms with Gasteiger partial charge in [0.1, 0.15) is 12.6 Å². The zero-order chi connectivity index (χ0) is 33.4. The first-order valence-corrected chi connectivity index (χ1v) is 18.0. The number of anilines is 1. The van der Waals surface area contributed by atoms with Crippen molar-refractivity contribution < 1.29 is 18.0 Å². The highest BCUT2D eigenvalue weighted by molar-refractivity contribution is 7.92. The molecule has 1 aliphatic carbocycles. The van der Waals surface area contributed by atoms with Crippen LogP contribution in [0.15, 0.2) is 108 Å². The third-order valence-corrected chi connectivity index (χ3v) is 11.0. The molecule has 10 heteroatoms. The predicted molar refractivity (Wildman–Crippen MR) is 188 cm³/mol. The highest BCUT2D eigenvalue weighted by atomic mass is 35.5. The molecule has 0 saturated heterocycles. The van der Waals surface area contributed by atoms with Gasteiger partial charge in [0.2, 0.25) is 11.8 Å². The molecule has 0 spiro atoms. The molecule has 0 heterocycles. The van der Waals surface area contributed by atoms with Gasteiger partial charge in [-0.1, -0.05) is 109 Å². The topological polar surface area (TPSA) is 86.8 Å². The summed E-state index contributed by atoms with van der Waals surface area (Å²) < 4.78 is 29.6. The van der Waals surface area contributed by atoms with E-state index in [1.807, 2.05) is 36.4 Å². The maximum atomic E-state index is 14.7. The Morgan fingerprint density at radius 3 is 2.15 bits per heavy atom. The fourth-order valence-electron chi connectivity index (χ4n) is 6.03. The summed E-state index contributed by atoms with van der Waals surface area (Å²) in [7, 11) is -4.22. The summed E-state index contributed by atoms with van der Waals surface area (Å²) in [5, 5.41) is 4.08. The largest absolute Gasteiger partial charge is 0.352 e. The Morgan fingerprint density at radius 1 is 0.830 bits per heavy atom. The van der Waals surface area contributed by atoms with Crippen molar-refractivity contribution >= 4 is 50.7 Å². The van der Waals surface area contributed by atoms with Gasteiger partial charge < -0.3 is 10.2 Å². The first-order valence-electron chi connectivity index (χ1n) is 15.8. The summed E-state index contributed by atoms with van der Waals surface area (Å²) in [6.07, 6.45) is 5.20. The van der Waals surface area contributed by atoms with Gasteiger partial charge in [0.05, 0.1) is 10.6 Å². The molecule has 47 heavy (non-hydrogen) atoms. The second-order valence-corrected chi connectivity index (χ2v) is 14.6. The van der Waals surface area contributed by atoms with Crippen LogP contribution >= 0.6 is 23.2 Å². The molecule has 0 aliphatic heterocycles. The molecule has 246 valence electrons. The zero-order valence-electron chi connectivity index (χ0n) is 26.3. The Kier molecular flexibility index (Phi) is 11.6. The molecule has 4 aromatic carbocycles. The van der Waals surface area contributed by atoms with Crippen LogP contribution in [0.25, 0.3) is 0 Å². The molecule has 1 fully saturated rings. The molecule has 1 N–H and O–H groups in total. The standard InChI is InChI=1S/C37H39Cl2N3O4S/c1-27-33(39)21-12-22-34(27)42(47(45,46)32-19-9-4-10-20-32)26-36(43)41(25-29-15-11-16-30(38)23-29)35(24-28-13-5-2-6-14-28)37(44)40-31-17-7-3-8-18-31/h2,4-6,9-16,19-23,31,35H,3,7-8,17-18,24-26H2,1H3,(H,40,44). The van der Waals surface area contributed by atoms with Crippen LogP contribution in [0.1, 0.15) is 48.8 Å². The second-order valence-electron chi connectivity index (χ2n) is 11.9. The van der Waals surface area contributed by atoms with Crippen molar-refractivity contribution in [1.82, 2.24) is 10.2 Å². The van der Waals surface area contributed by atoms with Crippen LogP contribution in [0.4, 0.5) is 5.69 Å². The smallest absolute Gasteiger partial charge is 0.264 e. The number of sulfonamides is 1. The molecule has 1 aliphatic rings. The summed E-state index contributed by atoms with van der Waals surface area (Å²) in [5.74, 6) is -0.809. The lowest BCUT2D eigenvalue weighted by molar-refractivity contribution is -0.140. The van der Waals surface area contributed by atoms with Crippen LogP contribution in [0.5, 0.6) is 0 Å². The van der Waals surface area contributed by atoms with Crippen molar-refractivity contribution in [2.45, 2.75) is 69.0 Å². The van der Waals surface area contributed by atoms with E-state index in [-0.39, 0.29) is 35.5 Å². The molecule has 0 aromatic heterocycles. The van der Waals surface area contributed by atoms with Gasteiger partial charge in [-0.15, -0.1) is 0 Å². The predicted octanol–water partition coefficient (Wildman–Crippen LogP) is 7.59.